The van der Waals surface area contributed by atoms with Crippen molar-refractivity contribution in [1.82, 2.24) is 23.7 Å². The highest BCUT2D eigenvalue weighted by Gasteiger charge is 2.39. The lowest BCUT2D eigenvalue weighted by molar-refractivity contribution is -0.135. The Labute approximate surface area is 202 Å². The number of halogens is 1. The fourth-order valence-electron chi connectivity index (χ4n) is 4.88. The Balaban J connectivity index is 1.22. The molecular weight excluding hydrogens is 475 g/mol. The lowest BCUT2D eigenvalue weighted by Gasteiger charge is -2.37. The van der Waals surface area contributed by atoms with E-state index in [1.165, 1.54) is 33.4 Å². The molecule has 2 fully saturated rings. The van der Waals surface area contributed by atoms with Gasteiger partial charge in [-0.3, -0.25) is 9.78 Å². The van der Waals surface area contributed by atoms with E-state index in [4.69, 9.17) is 0 Å². The van der Waals surface area contributed by atoms with Gasteiger partial charge in [0.15, 0.2) is 0 Å². The third-order valence-corrected chi connectivity index (χ3v) is 8.52. The fourth-order valence-corrected chi connectivity index (χ4v) is 6.48. The first-order chi connectivity index (χ1) is 16.9. The molecule has 0 bridgehead atoms. The van der Waals surface area contributed by atoms with E-state index in [0.29, 0.717) is 38.1 Å². The van der Waals surface area contributed by atoms with E-state index >= 15 is 0 Å². The number of carbonyl (C=O) groups is 1. The minimum absolute atomic E-state index is 0.0392. The summed E-state index contributed by atoms with van der Waals surface area (Å²) in [6, 6.07) is 6.46. The van der Waals surface area contributed by atoms with E-state index in [1.807, 2.05) is 6.07 Å². The molecule has 0 saturated carbocycles. The SMILES string of the molecule is O=C([C@H]1CCN(S(=O)(=O)c2nccn2CCO)C1)N1CCN(c2ccnc3cc(F)ccc23)CC1. The summed E-state index contributed by atoms with van der Waals surface area (Å²) in [5, 5.41) is 9.93. The summed E-state index contributed by atoms with van der Waals surface area (Å²) >= 11 is 0. The first-order valence-electron chi connectivity index (χ1n) is 11.6. The molecule has 5 rings (SSSR count). The number of aromatic nitrogens is 3. The maximum Gasteiger partial charge on any atom is 0.277 e. The molecule has 2 aliphatic heterocycles. The molecule has 0 radical (unpaired) electrons. The number of rotatable bonds is 6. The Bertz CT molecular complexity index is 1340. The average molecular weight is 503 g/mol. The molecule has 4 heterocycles. The summed E-state index contributed by atoms with van der Waals surface area (Å²) in [6.45, 7) is 2.60. The van der Waals surface area contributed by atoms with E-state index in [-0.39, 0.29) is 43.1 Å². The second-order valence-electron chi connectivity index (χ2n) is 8.78. The highest BCUT2D eigenvalue weighted by atomic mass is 32.2. The molecule has 10 nitrogen and oxygen atoms in total. The van der Waals surface area contributed by atoms with Crippen molar-refractivity contribution in [3.63, 3.8) is 0 Å². The smallest absolute Gasteiger partial charge is 0.277 e. The summed E-state index contributed by atoms with van der Waals surface area (Å²) in [6.07, 6.45) is 5.03. The number of hydrogen-bond donors (Lipinski definition) is 1. The van der Waals surface area contributed by atoms with Crippen molar-refractivity contribution in [3.05, 3.63) is 48.7 Å². The molecule has 186 valence electrons. The van der Waals surface area contributed by atoms with Crippen LogP contribution in [0, 0.1) is 11.7 Å². The third-order valence-electron chi connectivity index (χ3n) is 6.70. The van der Waals surface area contributed by atoms with Crippen molar-refractivity contribution in [3.8, 4) is 0 Å². The number of benzene rings is 1. The van der Waals surface area contributed by atoms with Crippen molar-refractivity contribution < 1.29 is 22.7 Å². The highest BCUT2D eigenvalue weighted by Crippen LogP contribution is 2.29. The van der Waals surface area contributed by atoms with E-state index in [0.717, 1.165) is 11.1 Å². The molecule has 2 aromatic heterocycles. The van der Waals surface area contributed by atoms with Gasteiger partial charge in [0.1, 0.15) is 5.82 Å². The summed E-state index contributed by atoms with van der Waals surface area (Å²) in [5.74, 6) is -0.771. The summed E-state index contributed by atoms with van der Waals surface area (Å²) in [5.41, 5.74) is 1.55. The maximum absolute atomic E-state index is 13.6. The first kappa shape index (κ1) is 23.6. The van der Waals surface area contributed by atoms with Crippen LogP contribution < -0.4 is 4.90 Å². The molecule has 1 N–H and O–H groups in total. The zero-order valence-electron chi connectivity index (χ0n) is 19.1. The van der Waals surface area contributed by atoms with E-state index in [1.54, 1.807) is 17.2 Å². The van der Waals surface area contributed by atoms with Gasteiger partial charge in [-0.2, -0.15) is 4.31 Å². The minimum Gasteiger partial charge on any atom is -0.395 e. The Morgan fingerprint density at radius 2 is 1.89 bits per heavy atom. The number of aliphatic hydroxyl groups excluding tert-OH is 1. The van der Waals surface area contributed by atoms with E-state index < -0.39 is 15.9 Å². The van der Waals surface area contributed by atoms with Gasteiger partial charge in [0, 0.05) is 81.5 Å². The van der Waals surface area contributed by atoms with Gasteiger partial charge in [-0.15, -0.1) is 0 Å². The van der Waals surface area contributed by atoms with Crippen LogP contribution in [-0.2, 0) is 21.4 Å². The molecule has 1 amide bonds. The molecule has 2 aliphatic rings. The summed E-state index contributed by atoms with van der Waals surface area (Å²) < 4.78 is 42.4. The van der Waals surface area contributed by atoms with Crippen molar-refractivity contribution in [2.75, 3.05) is 50.8 Å². The van der Waals surface area contributed by atoms with Crippen molar-refractivity contribution >= 4 is 32.5 Å². The van der Waals surface area contributed by atoms with Crippen LogP contribution in [0.1, 0.15) is 6.42 Å². The van der Waals surface area contributed by atoms with Crippen molar-refractivity contribution in [2.24, 2.45) is 5.92 Å². The molecular formula is C23H27FN6O4S. The van der Waals surface area contributed by atoms with Crippen LogP contribution in [0.25, 0.3) is 10.9 Å². The Kier molecular flexibility index (Phi) is 6.43. The second kappa shape index (κ2) is 9.51. The monoisotopic (exact) mass is 502 g/mol. The number of sulfonamides is 1. The second-order valence-corrected chi connectivity index (χ2v) is 10.6. The predicted octanol–water partition coefficient (Wildman–Crippen LogP) is 0.922. The number of imidazole rings is 1. The quantitative estimate of drug-likeness (QED) is 0.534. The summed E-state index contributed by atoms with van der Waals surface area (Å²) in [7, 11) is -3.85. The highest BCUT2D eigenvalue weighted by molar-refractivity contribution is 7.89. The fraction of sp³-hybridized carbons (Fsp3) is 0.435. The maximum atomic E-state index is 13.6. The zero-order valence-corrected chi connectivity index (χ0v) is 19.9. The Morgan fingerprint density at radius 3 is 2.66 bits per heavy atom. The Hall–Kier alpha value is -3.09. The topological polar surface area (TPSA) is 112 Å². The number of amides is 1. The number of carbonyl (C=O) groups excluding carboxylic acids is 1. The zero-order chi connectivity index (χ0) is 24.6. The molecule has 3 aromatic rings. The number of fused-ring (bicyclic) bond motifs is 1. The Morgan fingerprint density at radius 1 is 1.09 bits per heavy atom. The van der Waals surface area contributed by atoms with Crippen LogP contribution in [0.4, 0.5) is 10.1 Å². The van der Waals surface area contributed by atoms with Gasteiger partial charge >= 0.3 is 0 Å². The normalized spacial score (nSPS) is 19.5. The average Bonchev–Trinajstić information content (AvgIpc) is 3.54. The molecule has 0 unspecified atom stereocenters. The van der Waals surface area contributed by atoms with Crippen LogP contribution in [0.15, 0.2) is 48.0 Å². The first-order valence-corrected chi connectivity index (χ1v) is 13.0. The van der Waals surface area contributed by atoms with Crippen molar-refractivity contribution in [1.29, 1.82) is 0 Å². The minimum atomic E-state index is -3.85. The van der Waals surface area contributed by atoms with E-state index in [9.17, 15) is 22.7 Å². The largest absolute Gasteiger partial charge is 0.395 e. The molecule has 2 saturated heterocycles. The van der Waals surface area contributed by atoms with Gasteiger partial charge in [-0.05, 0) is 24.6 Å². The number of nitrogens with zero attached hydrogens (tertiary/aromatic N) is 6. The predicted molar refractivity (Wildman–Crippen MR) is 127 cm³/mol. The molecule has 35 heavy (non-hydrogen) atoms. The lowest BCUT2D eigenvalue weighted by Crippen LogP contribution is -2.50. The number of hydrogen-bond acceptors (Lipinski definition) is 7. The molecule has 0 spiro atoms. The number of pyridine rings is 1. The molecule has 0 aliphatic carbocycles. The van der Waals surface area contributed by atoms with Crippen LogP contribution in [0.2, 0.25) is 0 Å². The van der Waals surface area contributed by atoms with Gasteiger partial charge < -0.3 is 19.5 Å². The molecule has 1 atom stereocenters. The summed E-state index contributed by atoms with van der Waals surface area (Å²) in [4.78, 5) is 25.4. The van der Waals surface area contributed by atoms with Gasteiger partial charge in [0.2, 0.25) is 11.1 Å². The number of anilines is 1. The standard InChI is InChI=1S/C23H27FN6O4S/c24-18-1-2-19-20(15-18)25-5-3-21(19)27-9-11-28(12-10-27)22(32)17-4-7-30(16-17)35(33,34)23-26-6-8-29(23)13-14-31/h1-3,5-6,8,15,17,31H,4,7,9-14,16H2/t17-/m0/s1. The van der Waals surface area contributed by atoms with Crippen molar-refractivity contribution in [2.45, 2.75) is 18.1 Å². The number of aliphatic hydroxyl groups is 1. The van der Waals surface area contributed by atoms with Crippen LogP contribution in [0.3, 0.4) is 0 Å². The molecule has 1 aromatic carbocycles. The van der Waals surface area contributed by atoms with Crippen LogP contribution in [-0.4, -0.2) is 89.0 Å². The molecule has 12 heteroatoms. The third kappa shape index (κ3) is 4.48. The van der Waals surface area contributed by atoms with Crippen LogP contribution in [0.5, 0.6) is 0 Å². The number of piperazine rings is 1. The van der Waals surface area contributed by atoms with Gasteiger partial charge in [0.05, 0.1) is 18.0 Å². The van der Waals surface area contributed by atoms with Gasteiger partial charge in [-0.1, -0.05) is 0 Å². The van der Waals surface area contributed by atoms with Gasteiger partial charge in [0.25, 0.3) is 10.0 Å². The van der Waals surface area contributed by atoms with Crippen LogP contribution >= 0.6 is 0 Å². The van der Waals surface area contributed by atoms with Gasteiger partial charge in [-0.25, -0.2) is 17.8 Å². The lowest BCUT2D eigenvalue weighted by atomic mass is 10.1. The van der Waals surface area contributed by atoms with E-state index in [2.05, 4.69) is 14.9 Å².